The third-order valence-electron chi connectivity index (χ3n) is 6.51. The number of hydrogen-bond acceptors (Lipinski definition) is 6. The summed E-state index contributed by atoms with van der Waals surface area (Å²) in [6, 6.07) is 14.9. The molecule has 1 amide bonds. The van der Waals surface area contributed by atoms with Crippen LogP contribution in [0.1, 0.15) is 39.6 Å². The molecule has 1 fully saturated rings. The van der Waals surface area contributed by atoms with Crippen molar-refractivity contribution in [3.63, 3.8) is 0 Å². The van der Waals surface area contributed by atoms with Crippen molar-refractivity contribution >= 4 is 23.4 Å². The number of esters is 1. The van der Waals surface area contributed by atoms with Crippen molar-refractivity contribution in [2.24, 2.45) is 0 Å². The van der Waals surface area contributed by atoms with Gasteiger partial charge in [0.15, 0.2) is 0 Å². The Balaban J connectivity index is 1.81. The lowest BCUT2D eigenvalue weighted by molar-refractivity contribution is -0.858. The van der Waals surface area contributed by atoms with Crippen molar-refractivity contribution in [2.45, 2.75) is 19.4 Å². The molecule has 37 heavy (non-hydrogen) atoms. The van der Waals surface area contributed by atoms with Crippen LogP contribution in [-0.2, 0) is 14.3 Å². The van der Waals surface area contributed by atoms with Gasteiger partial charge >= 0.3 is 5.97 Å². The van der Waals surface area contributed by atoms with E-state index in [-0.39, 0.29) is 11.1 Å². The number of aromatic nitrogens is 2. The van der Waals surface area contributed by atoms with Crippen LogP contribution < -0.4 is 10.0 Å². The molecule has 0 saturated carbocycles. The van der Waals surface area contributed by atoms with Crippen LogP contribution in [0, 0.1) is 6.92 Å². The number of carbonyl (C=O) groups excluding carboxylic acids is 3. The number of rotatable bonds is 8. The molecule has 0 aliphatic carbocycles. The van der Waals surface area contributed by atoms with Crippen LogP contribution in [0.2, 0.25) is 0 Å². The van der Waals surface area contributed by atoms with Crippen LogP contribution in [0.25, 0.3) is 11.4 Å². The number of carbonyl (C=O) groups is 3. The maximum Gasteiger partial charge on any atom is 0.337 e. The standard InChI is InChI=1S/C28H30N4O5/c1-18-22(17-29-32(18)21-9-6-5-7-10-21)25(33)23-24(19-11-13-20(14-12-19)28(36)37-4)31(27(35)26(23)34)16-8-15-30(2)3/h5-7,9-14,17,24,33H,8,15-16H2,1-4H3. The second-order valence-corrected chi connectivity index (χ2v) is 9.29. The molecule has 1 aliphatic heterocycles. The van der Waals surface area contributed by atoms with E-state index in [1.54, 1.807) is 35.9 Å². The van der Waals surface area contributed by atoms with Crippen molar-refractivity contribution in [1.82, 2.24) is 14.7 Å². The molecule has 0 bridgehead atoms. The van der Waals surface area contributed by atoms with Gasteiger partial charge in [0, 0.05) is 29.8 Å². The Morgan fingerprint density at radius 3 is 2.38 bits per heavy atom. The number of nitrogens with one attached hydrogen (secondary N) is 1. The topological polar surface area (TPSA) is 109 Å². The van der Waals surface area contributed by atoms with Gasteiger partial charge in [-0.3, -0.25) is 9.59 Å². The third kappa shape index (κ3) is 5.03. The highest BCUT2D eigenvalue weighted by Crippen LogP contribution is 2.39. The summed E-state index contributed by atoms with van der Waals surface area (Å²) in [6.07, 6.45) is 2.09. The number of amides is 1. The van der Waals surface area contributed by atoms with E-state index < -0.39 is 29.5 Å². The first-order valence-electron chi connectivity index (χ1n) is 12.1. The average molecular weight is 503 g/mol. The number of Topliss-reactive ketones (excluding diaryl/α,β-unsaturated/α-hetero) is 1. The van der Waals surface area contributed by atoms with Crippen molar-refractivity contribution in [3.8, 4) is 5.69 Å². The van der Waals surface area contributed by atoms with E-state index in [2.05, 4.69) is 5.10 Å². The van der Waals surface area contributed by atoms with Gasteiger partial charge in [-0.15, -0.1) is 0 Å². The molecule has 1 aromatic heterocycles. The molecule has 2 heterocycles. The van der Waals surface area contributed by atoms with E-state index in [1.165, 1.54) is 23.1 Å². The van der Waals surface area contributed by atoms with Gasteiger partial charge in [-0.2, -0.15) is 5.10 Å². The van der Waals surface area contributed by atoms with Gasteiger partial charge in [-0.05, 0) is 36.8 Å². The smallest absolute Gasteiger partial charge is 0.337 e. The first-order valence-corrected chi connectivity index (χ1v) is 12.1. The minimum atomic E-state index is -0.865. The molecule has 192 valence electrons. The number of likely N-dealkylation sites (tertiary alicyclic amines) is 1. The third-order valence-corrected chi connectivity index (χ3v) is 6.51. The fourth-order valence-electron chi connectivity index (χ4n) is 4.58. The number of ketones is 1. The first-order chi connectivity index (χ1) is 17.7. The number of quaternary nitrogens is 1. The molecule has 9 nitrogen and oxygen atoms in total. The normalized spacial score (nSPS) is 17.0. The summed E-state index contributed by atoms with van der Waals surface area (Å²) < 4.78 is 6.40. The monoisotopic (exact) mass is 502 g/mol. The minimum Gasteiger partial charge on any atom is -0.872 e. The van der Waals surface area contributed by atoms with Gasteiger partial charge in [0.2, 0.25) is 5.78 Å². The van der Waals surface area contributed by atoms with E-state index >= 15 is 0 Å². The van der Waals surface area contributed by atoms with E-state index in [0.29, 0.717) is 29.8 Å². The average Bonchev–Trinajstić information content (AvgIpc) is 3.41. The van der Waals surface area contributed by atoms with Gasteiger partial charge < -0.3 is 19.6 Å². The molecule has 9 heteroatoms. The van der Waals surface area contributed by atoms with Gasteiger partial charge in [0.1, 0.15) is 0 Å². The van der Waals surface area contributed by atoms with Crippen LogP contribution in [0.3, 0.4) is 0 Å². The quantitative estimate of drug-likeness (QED) is 0.211. The number of hydrogen-bond donors (Lipinski definition) is 1. The van der Waals surface area contributed by atoms with Gasteiger partial charge in [0.25, 0.3) is 5.91 Å². The van der Waals surface area contributed by atoms with Crippen LogP contribution in [-0.4, -0.2) is 66.6 Å². The predicted octanol–water partition coefficient (Wildman–Crippen LogP) is 0.726. The summed E-state index contributed by atoms with van der Waals surface area (Å²) in [5, 5.41) is 18.2. The fraction of sp³-hybridized carbons (Fsp3) is 0.286. The largest absolute Gasteiger partial charge is 0.872 e. The zero-order valence-electron chi connectivity index (χ0n) is 21.4. The van der Waals surface area contributed by atoms with Gasteiger partial charge in [-0.1, -0.05) is 36.1 Å². The highest BCUT2D eigenvalue weighted by Gasteiger charge is 2.44. The molecule has 1 saturated heterocycles. The minimum absolute atomic E-state index is 0.108. The van der Waals surface area contributed by atoms with E-state index in [4.69, 9.17) is 4.74 Å². The fourth-order valence-corrected chi connectivity index (χ4v) is 4.58. The number of benzene rings is 2. The molecule has 4 rings (SSSR count). The lowest BCUT2D eigenvalue weighted by Gasteiger charge is -2.27. The van der Waals surface area contributed by atoms with Gasteiger partial charge in [-0.25, -0.2) is 9.48 Å². The molecule has 1 atom stereocenters. The SMILES string of the molecule is COC(=O)c1ccc(C2C(=C([O-])c3cnn(-c4ccccc4)c3C)C(=O)C(=O)N2CCC[NH+](C)C)cc1. The maximum absolute atomic E-state index is 13.8. The molecule has 1 N–H and O–H groups in total. The van der Waals surface area contributed by atoms with Crippen LogP contribution >= 0.6 is 0 Å². The molecule has 1 unspecified atom stereocenters. The van der Waals surface area contributed by atoms with Crippen molar-refractivity contribution in [3.05, 3.63) is 88.8 Å². The Morgan fingerprint density at radius 2 is 1.76 bits per heavy atom. The Bertz CT molecular complexity index is 1340. The second-order valence-electron chi connectivity index (χ2n) is 9.29. The predicted molar refractivity (Wildman–Crippen MR) is 135 cm³/mol. The Hall–Kier alpha value is -4.24. The number of nitrogens with zero attached hydrogens (tertiary/aromatic N) is 3. The second kappa shape index (κ2) is 10.8. The van der Waals surface area contributed by atoms with E-state index in [9.17, 15) is 19.5 Å². The summed E-state index contributed by atoms with van der Waals surface area (Å²) in [5.41, 5.74) is 2.40. The summed E-state index contributed by atoms with van der Waals surface area (Å²) in [4.78, 5) is 41.0. The number of methoxy groups -OCH3 is 1. The Kier molecular flexibility index (Phi) is 7.54. The molecule has 3 aromatic rings. The van der Waals surface area contributed by atoms with Crippen LogP contribution in [0.5, 0.6) is 0 Å². The maximum atomic E-state index is 13.8. The molecule has 1 aliphatic rings. The zero-order valence-corrected chi connectivity index (χ0v) is 21.4. The Labute approximate surface area is 215 Å². The summed E-state index contributed by atoms with van der Waals surface area (Å²) in [6.45, 7) is 2.86. The highest BCUT2D eigenvalue weighted by atomic mass is 16.5. The van der Waals surface area contributed by atoms with E-state index in [1.807, 2.05) is 44.4 Å². The van der Waals surface area contributed by atoms with Crippen molar-refractivity contribution < 1.29 is 29.1 Å². The Morgan fingerprint density at radius 1 is 1.08 bits per heavy atom. The first kappa shape index (κ1) is 25.8. The van der Waals surface area contributed by atoms with E-state index in [0.717, 1.165) is 12.2 Å². The molecular formula is C28H30N4O5. The zero-order chi connectivity index (χ0) is 26.7. The van der Waals surface area contributed by atoms with Crippen LogP contribution in [0.4, 0.5) is 0 Å². The van der Waals surface area contributed by atoms with Gasteiger partial charge in [0.05, 0.1) is 51.2 Å². The lowest BCUT2D eigenvalue weighted by atomic mass is 9.94. The molecular weight excluding hydrogens is 472 g/mol. The molecule has 2 aromatic carbocycles. The summed E-state index contributed by atoms with van der Waals surface area (Å²) in [5.74, 6) is -2.54. The summed E-state index contributed by atoms with van der Waals surface area (Å²) >= 11 is 0. The number of para-hydroxylation sites is 1. The molecule has 0 radical (unpaired) electrons. The molecule has 0 spiro atoms. The highest BCUT2D eigenvalue weighted by molar-refractivity contribution is 6.46. The number of ether oxygens (including phenoxy) is 1. The van der Waals surface area contributed by atoms with Crippen molar-refractivity contribution in [2.75, 3.05) is 34.3 Å². The van der Waals surface area contributed by atoms with Crippen molar-refractivity contribution in [1.29, 1.82) is 0 Å². The van der Waals surface area contributed by atoms with Crippen LogP contribution in [0.15, 0.2) is 66.4 Å². The lowest BCUT2D eigenvalue weighted by Crippen LogP contribution is -3.05. The summed E-state index contributed by atoms with van der Waals surface area (Å²) in [7, 11) is 5.31.